The minimum atomic E-state index is -0.206. The number of carbonyl (C=O) groups excluding carboxylic acids is 1. The van der Waals surface area contributed by atoms with Crippen LogP contribution in [0.25, 0.3) is 0 Å². The Kier molecular flexibility index (Phi) is 10.7. The summed E-state index contributed by atoms with van der Waals surface area (Å²) < 4.78 is 0. The number of unbranched alkanes of at least 4 members (excludes halogenated alkanes) is 6. The predicted molar refractivity (Wildman–Crippen MR) is 88.0 cm³/mol. The third-order valence-electron chi connectivity index (χ3n) is 3.97. The molecule has 1 nitrogen and oxygen atoms in total. The molecule has 0 aliphatic heterocycles. The highest BCUT2D eigenvalue weighted by molar-refractivity contribution is 6.63. The molecular formula is C18H29ClO. The number of carbonyl (C=O) groups is 1. The van der Waals surface area contributed by atoms with Crippen LogP contribution in [0.4, 0.5) is 0 Å². The molecule has 0 fully saturated rings. The molecule has 0 radical (unpaired) electrons. The molecule has 0 bridgehead atoms. The van der Waals surface area contributed by atoms with E-state index >= 15 is 0 Å². The van der Waals surface area contributed by atoms with Gasteiger partial charge in [-0.1, -0.05) is 43.6 Å². The highest BCUT2D eigenvalue weighted by Gasteiger charge is 2.07. The first-order valence-electron chi connectivity index (χ1n) is 8.29. The van der Waals surface area contributed by atoms with Gasteiger partial charge in [-0.25, -0.2) is 0 Å². The van der Waals surface area contributed by atoms with Gasteiger partial charge >= 0.3 is 0 Å². The molecule has 0 heterocycles. The van der Waals surface area contributed by atoms with Gasteiger partial charge in [0.05, 0.1) is 0 Å². The third-order valence-corrected chi connectivity index (χ3v) is 4.16. The highest BCUT2D eigenvalue weighted by Crippen LogP contribution is 2.23. The third kappa shape index (κ3) is 10.3. The Labute approximate surface area is 129 Å². The van der Waals surface area contributed by atoms with E-state index < -0.39 is 0 Å². The number of hydrogen-bond acceptors (Lipinski definition) is 1. The maximum atomic E-state index is 10.5. The SMILES string of the molecule is O=C(Cl)CCCC/C=C/CCCCCC[C@H]1C=CCC1. The quantitative estimate of drug-likeness (QED) is 0.239. The van der Waals surface area contributed by atoms with Crippen LogP contribution in [0.15, 0.2) is 24.3 Å². The Hall–Kier alpha value is -0.560. The molecule has 0 N–H and O–H groups in total. The van der Waals surface area contributed by atoms with Gasteiger partial charge in [0.1, 0.15) is 0 Å². The maximum absolute atomic E-state index is 10.5. The van der Waals surface area contributed by atoms with Crippen molar-refractivity contribution in [2.75, 3.05) is 0 Å². The fourth-order valence-electron chi connectivity index (χ4n) is 2.72. The molecule has 1 rings (SSSR count). The van der Waals surface area contributed by atoms with E-state index in [-0.39, 0.29) is 5.24 Å². The van der Waals surface area contributed by atoms with Gasteiger partial charge in [-0.05, 0) is 68.9 Å². The summed E-state index contributed by atoms with van der Waals surface area (Å²) in [5.41, 5.74) is 0. The lowest BCUT2D eigenvalue weighted by Crippen LogP contribution is -1.91. The van der Waals surface area contributed by atoms with Crippen LogP contribution in [-0.4, -0.2) is 5.24 Å². The Balaban J connectivity index is 1.77. The van der Waals surface area contributed by atoms with E-state index in [0.717, 1.165) is 25.2 Å². The molecule has 0 spiro atoms. The van der Waals surface area contributed by atoms with Crippen LogP contribution in [0.2, 0.25) is 0 Å². The van der Waals surface area contributed by atoms with E-state index in [0.29, 0.717) is 6.42 Å². The number of halogens is 1. The van der Waals surface area contributed by atoms with Crippen LogP contribution >= 0.6 is 11.6 Å². The van der Waals surface area contributed by atoms with E-state index in [1.165, 1.54) is 51.4 Å². The lowest BCUT2D eigenvalue weighted by Gasteiger charge is -2.06. The summed E-state index contributed by atoms with van der Waals surface area (Å²) in [6.45, 7) is 0. The van der Waals surface area contributed by atoms with Crippen molar-refractivity contribution in [2.24, 2.45) is 5.92 Å². The van der Waals surface area contributed by atoms with E-state index in [1.54, 1.807) is 0 Å². The first-order chi connectivity index (χ1) is 9.79. The van der Waals surface area contributed by atoms with Crippen LogP contribution in [0.1, 0.15) is 77.0 Å². The summed E-state index contributed by atoms with van der Waals surface area (Å²) in [6.07, 6.45) is 23.6. The Morgan fingerprint density at radius 2 is 1.75 bits per heavy atom. The minimum Gasteiger partial charge on any atom is -0.281 e. The molecule has 0 saturated carbocycles. The zero-order valence-corrected chi connectivity index (χ0v) is 13.4. The fraction of sp³-hybridized carbons (Fsp3) is 0.722. The predicted octanol–water partition coefficient (Wildman–Crippen LogP) is 6.18. The van der Waals surface area contributed by atoms with Gasteiger partial charge in [-0.3, -0.25) is 4.79 Å². The average Bonchev–Trinajstić information content (AvgIpc) is 2.93. The monoisotopic (exact) mass is 296 g/mol. The molecule has 20 heavy (non-hydrogen) atoms. The second-order valence-corrected chi connectivity index (χ2v) is 6.25. The van der Waals surface area contributed by atoms with E-state index in [9.17, 15) is 4.79 Å². The molecule has 0 unspecified atom stereocenters. The van der Waals surface area contributed by atoms with Crippen molar-refractivity contribution >= 4 is 16.8 Å². The van der Waals surface area contributed by atoms with Gasteiger partial charge in [0.25, 0.3) is 0 Å². The molecule has 1 aliphatic rings. The van der Waals surface area contributed by atoms with Gasteiger partial charge in [0.2, 0.25) is 5.24 Å². The van der Waals surface area contributed by atoms with Crippen LogP contribution in [0.3, 0.4) is 0 Å². The molecule has 0 aromatic rings. The number of rotatable bonds is 12. The van der Waals surface area contributed by atoms with Crippen molar-refractivity contribution < 1.29 is 4.79 Å². The molecule has 2 heteroatoms. The second-order valence-electron chi connectivity index (χ2n) is 5.83. The molecule has 1 aliphatic carbocycles. The summed E-state index contributed by atoms with van der Waals surface area (Å²) in [5.74, 6) is 0.884. The van der Waals surface area contributed by atoms with Gasteiger partial charge in [-0.2, -0.15) is 0 Å². The minimum absolute atomic E-state index is 0.206. The van der Waals surface area contributed by atoms with Gasteiger partial charge in [-0.15, -0.1) is 0 Å². The summed E-state index contributed by atoms with van der Waals surface area (Å²) in [5, 5.41) is -0.206. The largest absolute Gasteiger partial charge is 0.281 e. The van der Waals surface area contributed by atoms with E-state index in [1.807, 2.05) is 0 Å². The fourth-order valence-corrected chi connectivity index (χ4v) is 2.85. The summed E-state index contributed by atoms with van der Waals surface area (Å²) >= 11 is 5.28. The first kappa shape index (κ1) is 17.5. The maximum Gasteiger partial charge on any atom is 0.221 e. The molecular weight excluding hydrogens is 268 g/mol. The van der Waals surface area contributed by atoms with Crippen LogP contribution in [-0.2, 0) is 4.79 Å². The summed E-state index contributed by atoms with van der Waals surface area (Å²) in [4.78, 5) is 10.5. The van der Waals surface area contributed by atoms with Crippen molar-refractivity contribution in [3.63, 3.8) is 0 Å². The van der Waals surface area contributed by atoms with Gasteiger partial charge in [0.15, 0.2) is 0 Å². The molecule has 0 amide bonds. The van der Waals surface area contributed by atoms with Gasteiger partial charge in [0, 0.05) is 6.42 Å². The van der Waals surface area contributed by atoms with Crippen LogP contribution in [0, 0.1) is 5.92 Å². The molecule has 1 atom stereocenters. The second kappa shape index (κ2) is 12.2. The normalized spacial score (nSPS) is 18.1. The van der Waals surface area contributed by atoms with Crippen molar-refractivity contribution in [1.29, 1.82) is 0 Å². The Morgan fingerprint density at radius 3 is 2.40 bits per heavy atom. The number of allylic oxidation sites excluding steroid dienone is 4. The Bertz CT molecular complexity index is 307. The summed E-state index contributed by atoms with van der Waals surface area (Å²) in [7, 11) is 0. The van der Waals surface area contributed by atoms with E-state index in [4.69, 9.17) is 11.6 Å². The van der Waals surface area contributed by atoms with Crippen molar-refractivity contribution in [3.05, 3.63) is 24.3 Å². The van der Waals surface area contributed by atoms with E-state index in [2.05, 4.69) is 24.3 Å². The lowest BCUT2D eigenvalue weighted by molar-refractivity contribution is -0.111. The zero-order chi connectivity index (χ0) is 14.5. The van der Waals surface area contributed by atoms with Crippen LogP contribution in [0.5, 0.6) is 0 Å². The lowest BCUT2D eigenvalue weighted by atomic mass is 10.00. The first-order valence-corrected chi connectivity index (χ1v) is 8.67. The molecule has 0 aromatic carbocycles. The smallest absolute Gasteiger partial charge is 0.221 e. The van der Waals surface area contributed by atoms with Crippen molar-refractivity contribution in [1.82, 2.24) is 0 Å². The highest BCUT2D eigenvalue weighted by atomic mass is 35.5. The molecule has 0 aromatic heterocycles. The number of hydrogen-bond donors (Lipinski definition) is 0. The topological polar surface area (TPSA) is 17.1 Å². The molecule has 114 valence electrons. The summed E-state index contributed by atoms with van der Waals surface area (Å²) in [6, 6.07) is 0. The zero-order valence-electron chi connectivity index (χ0n) is 12.7. The van der Waals surface area contributed by atoms with Crippen molar-refractivity contribution in [2.45, 2.75) is 77.0 Å². The van der Waals surface area contributed by atoms with Crippen molar-refractivity contribution in [3.8, 4) is 0 Å². The standard InChI is InChI=1S/C18H29ClO/c19-18(20)16-10-8-6-4-2-1-3-5-7-9-13-17-14-11-12-15-17/h2,4,11,14,17H,1,3,5-10,12-13,15-16H2/b4-2+/t17-/m0/s1. The molecule has 0 saturated heterocycles. The van der Waals surface area contributed by atoms with Crippen LogP contribution < -0.4 is 0 Å². The Morgan fingerprint density at radius 1 is 1.05 bits per heavy atom. The van der Waals surface area contributed by atoms with Gasteiger partial charge < -0.3 is 0 Å². The average molecular weight is 297 g/mol.